The molecule has 2 atom stereocenters. The van der Waals surface area contributed by atoms with E-state index in [0.29, 0.717) is 13.0 Å². The minimum absolute atomic E-state index is 0.0513. The molecule has 7 heteroatoms. The van der Waals surface area contributed by atoms with E-state index < -0.39 is 4.92 Å². The summed E-state index contributed by atoms with van der Waals surface area (Å²) in [7, 11) is 0. The molecule has 1 fully saturated rings. The average Bonchev–Trinajstić information content (AvgIpc) is 2.69. The van der Waals surface area contributed by atoms with Crippen LogP contribution in [0.5, 0.6) is 0 Å². The lowest BCUT2D eigenvalue weighted by Gasteiger charge is -2.23. The third-order valence-electron chi connectivity index (χ3n) is 3.46. The minimum Gasteiger partial charge on any atom is -0.334 e. The quantitative estimate of drug-likeness (QED) is 0.662. The van der Waals surface area contributed by atoms with E-state index >= 15 is 0 Å². The van der Waals surface area contributed by atoms with Crippen LogP contribution in [0.15, 0.2) is 18.2 Å². The predicted octanol–water partition coefficient (Wildman–Crippen LogP) is 1.81. The van der Waals surface area contributed by atoms with E-state index in [1.54, 1.807) is 4.90 Å². The van der Waals surface area contributed by atoms with Crippen LogP contribution >= 0.6 is 11.6 Å². The van der Waals surface area contributed by atoms with Gasteiger partial charge in [-0.3, -0.25) is 14.9 Å². The lowest BCUT2D eigenvalue weighted by atomic mass is 10.1. The molecule has 0 saturated carbocycles. The first-order valence-corrected chi connectivity index (χ1v) is 6.30. The Bertz CT molecular complexity index is 535. The van der Waals surface area contributed by atoms with Crippen LogP contribution in [0, 0.1) is 10.1 Å². The van der Waals surface area contributed by atoms with Crippen molar-refractivity contribution in [1.82, 2.24) is 4.90 Å². The molecule has 1 aliphatic rings. The van der Waals surface area contributed by atoms with Crippen LogP contribution in [0.25, 0.3) is 0 Å². The molecule has 1 aromatic rings. The molecule has 2 N–H and O–H groups in total. The summed E-state index contributed by atoms with van der Waals surface area (Å²) in [6.07, 6.45) is 0.703. The maximum absolute atomic E-state index is 12.4. The summed E-state index contributed by atoms with van der Waals surface area (Å²) in [5.41, 5.74) is 5.64. The second kappa shape index (κ2) is 5.14. The molecule has 2 unspecified atom stereocenters. The highest BCUT2D eigenvalue weighted by atomic mass is 35.5. The number of amides is 1. The van der Waals surface area contributed by atoms with Crippen molar-refractivity contribution in [2.75, 3.05) is 6.54 Å². The number of hydrogen-bond donors (Lipinski definition) is 1. The van der Waals surface area contributed by atoms with Gasteiger partial charge in [-0.05, 0) is 25.5 Å². The Morgan fingerprint density at radius 3 is 2.79 bits per heavy atom. The van der Waals surface area contributed by atoms with Gasteiger partial charge in [-0.1, -0.05) is 11.6 Å². The number of nitro groups is 1. The van der Waals surface area contributed by atoms with E-state index in [1.165, 1.54) is 18.2 Å². The van der Waals surface area contributed by atoms with Crippen molar-refractivity contribution in [2.24, 2.45) is 5.73 Å². The number of nitrogens with zero attached hydrogens (tertiary/aromatic N) is 2. The maximum Gasteiger partial charge on any atom is 0.283 e. The molecule has 0 spiro atoms. The molecular formula is C12H14ClN3O3. The second-order valence-corrected chi connectivity index (χ2v) is 5.05. The fraction of sp³-hybridized carbons (Fsp3) is 0.417. The summed E-state index contributed by atoms with van der Waals surface area (Å²) in [6, 6.07) is 3.84. The fourth-order valence-corrected chi connectivity index (χ4v) is 2.41. The van der Waals surface area contributed by atoms with Crippen molar-refractivity contribution >= 4 is 23.2 Å². The topological polar surface area (TPSA) is 89.5 Å². The second-order valence-electron chi connectivity index (χ2n) is 4.61. The number of rotatable bonds is 2. The van der Waals surface area contributed by atoms with Crippen LogP contribution in [0.4, 0.5) is 5.69 Å². The summed E-state index contributed by atoms with van der Waals surface area (Å²) >= 11 is 5.73. The molecule has 19 heavy (non-hydrogen) atoms. The van der Waals surface area contributed by atoms with Gasteiger partial charge in [-0.15, -0.1) is 0 Å². The van der Waals surface area contributed by atoms with E-state index in [2.05, 4.69) is 0 Å². The van der Waals surface area contributed by atoms with Gasteiger partial charge in [-0.2, -0.15) is 0 Å². The number of hydrogen-bond acceptors (Lipinski definition) is 4. The van der Waals surface area contributed by atoms with Crippen LogP contribution in [-0.2, 0) is 0 Å². The molecule has 0 aromatic heterocycles. The molecule has 1 aromatic carbocycles. The molecular weight excluding hydrogens is 270 g/mol. The van der Waals surface area contributed by atoms with E-state index in [9.17, 15) is 14.9 Å². The molecule has 0 aliphatic carbocycles. The number of nitrogens with two attached hydrogens (primary N) is 1. The van der Waals surface area contributed by atoms with Crippen LogP contribution < -0.4 is 5.73 Å². The van der Waals surface area contributed by atoms with E-state index in [-0.39, 0.29) is 34.3 Å². The zero-order valence-corrected chi connectivity index (χ0v) is 11.1. The van der Waals surface area contributed by atoms with Gasteiger partial charge in [0.05, 0.1) is 4.92 Å². The predicted molar refractivity (Wildman–Crippen MR) is 71.2 cm³/mol. The van der Waals surface area contributed by atoms with Gasteiger partial charge in [0.1, 0.15) is 5.56 Å². The summed E-state index contributed by atoms with van der Waals surface area (Å²) in [4.78, 5) is 24.3. The van der Waals surface area contributed by atoms with Crippen molar-refractivity contribution in [3.05, 3.63) is 38.9 Å². The Morgan fingerprint density at radius 1 is 1.58 bits per heavy atom. The summed E-state index contributed by atoms with van der Waals surface area (Å²) in [5, 5.41) is 11.2. The average molecular weight is 284 g/mol. The molecule has 1 aliphatic heterocycles. The standard InChI is InChI=1S/C12H14ClN3O3/c1-7-10(14)4-5-15(7)12(17)9-3-2-8(13)6-11(9)16(18)19/h2-3,6-7,10H,4-5,14H2,1H3. The Labute approximate surface area is 115 Å². The zero-order valence-electron chi connectivity index (χ0n) is 10.4. The third-order valence-corrected chi connectivity index (χ3v) is 3.70. The Hall–Kier alpha value is -1.66. The van der Waals surface area contributed by atoms with Gasteiger partial charge in [0.2, 0.25) is 0 Å². The first kappa shape index (κ1) is 13.8. The van der Waals surface area contributed by atoms with Crippen LogP contribution in [0.1, 0.15) is 23.7 Å². The summed E-state index contributed by atoms with van der Waals surface area (Å²) in [6.45, 7) is 2.36. The lowest BCUT2D eigenvalue weighted by Crippen LogP contribution is -2.40. The highest BCUT2D eigenvalue weighted by Crippen LogP contribution is 2.27. The molecule has 1 heterocycles. The number of halogens is 1. The normalized spacial score (nSPS) is 22.6. The van der Waals surface area contributed by atoms with Crippen molar-refractivity contribution in [1.29, 1.82) is 0 Å². The van der Waals surface area contributed by atoms with E-state index in [1.807, 2.05) is 6.92 Å². The van der Waals surface area contributed by atoms with Crippen LogP contribution in [-0.4, -0.2) is 34.4 Å². The highest BCUT2D eigenvalue weighted by Gasteiger charge is 2.34. The molecule has 0 bridgehead atoms. The minimum atomic E-state index is -0.597. The molecule has 0 radical (unpaired) electrons. The smallest absolute Gasteiger partial charge is 0.283 e. The number of benzene rings is 1. The maximum atomic E-state index is 12.4. The summed E-state index contributed by atoms with van der Waals surface area (Å²) < 4.78 is 0. The molecule has 102 valence electrons. The first-order valence-electron chi connectivity index (χ1n) is 5.92. The third kappa shape index (κ3) is 2.54. The van der Waals surface area contributed by atoms with Gasteiger partial charge in [0, 0.05) is 29.7 Å². The SMILES string of the molecule is CC1C(N)CCN1C(=O)c1ccc(Cl)cc1[N+](=O)[O-]. The molecule has 1 saturated heterocycles. The van der Waals surface area contributed by atoms with Crippen molar-refractivity contribution < 1.29 is 9.72 Å². The van der Waals surface area contributed by atoms with E-state index in [4.69, 9.17) is 17.3 Å². The van der Waals surface area contributed by atoms with Crippen molar-refractivity contribution in [3.8, 4) is 0 Å². The number of carbonyl (C=O) groups excluding carboxylic acids is 1. The highest BCUT2D eigenvalue weighted by molar-refractivity contribution is 6.31. The monoisotopic (exact) mass is 283 g/mol. The molecule has 6 nitrogen and oxygen atoms in total. The Balaban J connectivity index is 2.37. The fourth-order valence-electron chi connectivity index (χ4n) is 2.24. The van der Waals surface area contributed by atoms with Gasteiger partial charge in [0.15, 0.2) is 0 Å². The largest absolute Gasteiger partial charge is 0.334 e. The summed E-state index contributed by atoms with van der Waals surface area (Å²) in [5.74, 6) is -0.371. The number of likely N-dealkylation sites (tertiary alicyclic amines) is 1. The Morgan fingerprint density at radius 2 is 2.26 bits per heavy atom. The number of carbonyl (C=O) groups is 1. The van der Waals surface area contributed by atoms with Crippen LogP contribution in [0.3, 0.4) is 0 Å². The molecule has 1 amide bonds. The van der Waals surface area contributed by atoms with Gasteiger partial charge in [0.25, 0.3) is 11.6 Å². The lowest BCUT2D eigenvalue weighted by molar-refractivity contribution is -0.385. The van der Waals surface area contributed by atoms with Crippen molar-refractivity contribution in [2.45, 2.75) is 25.4 Å². The zero-order chi connectivity index (χ0) is 14.2. The first-order chi connectivity index (χ1) is 8.91. The van der Waals surface area contributed by atoms with Gasteiger partial charge >= 0.3 is 0 Å². The van der Waals surface area contributed by atoms with E-state index in [0.717, 1.165) is 0 Å². The molecule has 2 rings (SSSR count). The van der Waals surface area contributed by atoms with Gasteiger partial charge < -0.3 is 10.6 Å². The van der Waals surface area contributed by atoms with Gasteiger partial charge in [-0.25, -0.2) is 0 Å². The van der Waals surface area contributed by atoms with Crippen LogP contribution in [0.2, 0.25) is 5.02 Å². The Kier molecular flexibility index (Phi) is 3.73. The van der Waals surface area contributed by atoms with Crippen molar-refractivity contribution in [3.63, 3.8) is 0 Å². The number of nitro benzene ring substituents is 1.